The number of ether oxygens (including phenoxy) is 1. The number of hydrogen-bond donors (Lipinski definition) is 1. The molecule has 1 N–H and O–H groups in total. The molecule has 1 saturated heterocycles. The number of carboxylic acids is 1. The van der Waals surface area contributed by atoms with Gasteiger partial charge in [0.1, 0.15) is 9.88 Å². The van der Waals surface area contributed by atoms with E-state index in [2.05, 4.69) is 10.1 Å². The van der Waals surface area contributed by atoms with E-state index in [0.29, 0.717) is 11.0 Å². The third-order valence-electron chi connectivity index (χ3n) is 3.37. The van der Waals surface area contributed by atoms with Gasteiger partial charge in [0.15, 0.2) is 0 Å². The molecular formula is C14H15N3O3S. The Balaban J connectivity index is 1.76. The van der Waals surface area contributed by atoms with Gasteiger partial charge in [0.2, 0.25) is 0 Å². The van der Waals surface area contributed by atoms with Crippen LogP contribution in [0.4, 0.5) is 0 Å². The van der Waals surface area contributed by atoms with Gasteiger partial charge < -0.3 is 9.84 Å². The first-order valence-electron chi connectivity index (χ1n) is 6.72. The normalized spacial score (nSPS) is 16.6. The van der Waals surface area contributed by atoms with Crippen molar-refractivity contribution in [3.05, 3.63) is 34.0 Å². The van der Waals surface area contributed by atoms with Crippen LogP contribution in [0, 0.1) is 0 Å². The summed E-state index contributed by atoms with van der Waals surface area (Å²) in [6.07, 6.45) is 8.82. The lowest BCUT2D eigenvalue weighted by atomic mass is 10.1. The summed E-state index contributed by atoms with van der Waals surface area (Å²) >= 11 is 1.16. The molecule has 0 unspecified atom stereocenters. The zero-order valence-corrected chi connectivity index (χ0v) is 12.1. The van der Waals surface area contributed by atoms with E-state index in [1.54, 1.807) is 6.20 Å². The quantitative estimate of drug-likeness (QED) is 0.939. The third-order valence-corrected chi connectivity index (χ3v) is 4.32. The Labute approximate surface area is 125 Å². The molecule has 1 aliphatic rings. The van der Waals surface area contributed by atoms with Gasteiger partial charge in [-0.25, -0.2) is 9.78 Å². The van der Waals surface area contributed by atoms with Gasteiger partial charge in [-0.2, -0.15) is 5.10 Å². The van der Waals surface area contributed by atoms with Crippen LogP contribution in [0.5, 0.6) is 0 Å². The molecule has 7 heteroatoms. The monoisotopic (exact) mass is 305 g/mol. The molecule has 0 spiro atoms. The highest BCUT2D eigenvalue weighted by Gasteiger charge is 2.17. The first-order valence-corrected chi connectivity index (χ1v) is 7.54. The Kier molecular flexibility index (Phi) is 4.12. The van der Waals surface area contributed by atoms with Crippen molar-refractivity contribution in [1.82, 2.24) is 14.8 Å². The van der Waals surface area contributed by atoms with Crippen molar-refractivity contribution >= 4 is 29.5 Å². The van der Waals surface area contributed by atoms with Crippen molar-refractivity contribution in [2.75, 3.05) is 13.2 Å². The van der Waals surface area contributed by atoms with Gasteiger partial charge >= 0.3 is 5.97 Å². The Morgan fingerprint density at radius 3 is 2.95 bits per heavy atom. The molecule has 0 bridgehead atoms. The van der Waals surface area contributed by atoms with Gasteiger partial charge in [0.25, 0.3) is 0 Å². The van der Waals surface area contributed by atoms with E-state index < -0.39 is 5.97 Å². The molecule has 0 amide bonds. The van der Waals surface area contributed by atoms with E-state index in [0.717, 1.165) is 43.1 Å². The lowest BCUT2D eigenvalue weighted by Gasteiger charge is -2.23. The van der Waals surface area contributed by atoms with Crippen LogP contribution < -0.4 is 0 Å². The summed E-state index contributed by atoms with van der Waals surface area (Å²) in [7, 11) is 0. The van der Waals surface area contributed by atoms with Gasteiger partial charge in [-0.1, -0.05) is 0 Å². The molecule has 2 aromatic heterocycles. The molecule has 0 radical (unpaired) electrons. The standard InChI is InChI=1S/C14H15N3O3S/c18-14(19)12-9-15-13(21-12)2-1-10-3-6-16-17(10)11-4-7-20-8-5-11/h1-3,6,9,11H,4-5,7-8H2,(H,18,19)/b2-1+. The number of carbonyl (C=O) groups is 1. The second-order valence-corrected chi connectivity index (χ2v) is 5.81. The van der Waals surface area contributed by atoms with Gasteiger partial charge in [-0.15, -0.1) is 11.3 Å². The van der Waals surface area contributed by atoms with E-state index in [1.807, 2.05) is 22.9 Å². The summed E-state index contributed by atoms with van der Waals surface area (Å²) in [5.74, 6) is -0.945. The summed E-state index contributed by atoms with van der Waals surface area (Å²) in [6.45, 7) is 1.53. The minimum absolute atomic E-state index is 0.243. The number of rotatable bonds is 4. The Bertz CT molecular complexity index is 656. The maximum Gasteiger partial charge on any atom is 0.347 e. The molecule has 0 atom stereocenters. The van der Waals surface area contributed by atoms with Crippen LogP contribution in [0.15, 0.2) is 18.5 Å². The maximum atomic E-state index is 10.8. The number of carboxylic acid groups (broad SMARTS) is 1. The van der Waals surface area contributed by atoms with Crippen molar-refractivity contribution in [2.45, 2.75) is 18.9 Å². The molecule has 110 valence electrons. The Morgan fingerprint density at radius 2 is 2.24 bits per heavy atom. The van der Waals surface area contributed by atoms with Gasteiger partial charge in [0, 0.05) is 19.4 Å². The first-order chi connectivity index (χ1) is 10.2. The number of hydrogen-bond acceptors (Lipinski definition) is 5. The third kappa shape index (κ3) is 3.20. The van der Waals surface area contributed by atoms with Crippen LogP contribution in [0.2, 0.25) is 0 Å². The molecular weight excluding hydrogens is 290 g/mol. The molecule has 0 aromatic carbocycles. The van der Waals surface area contributed by atoms with Crippen molar-refractivity contribution < 1.29 is 14.6 Å². The van der Waals surface area contributed by atoms with Crippen LogP contribution in [0.1, 0.15) is 39.3 Å². The molecule has 1 aliphatic heterocycles. The number of thiazole rings is 1. The summed E-state index contributed by atoms with van der Waals surface area (Å²) in [6, 6.07) is 2.30. The number of aromatic nitrogens is 3. The SMILES string of the molecule is O=C(O)c1cnc(/C=C/c2ccnn2C2CCOCC2)s1. The highest BCUT2D eigenvalue weighted by Crippen LogP contribution is 2.23. The second-order valence-electron chi connectivity index (χ2n) is 4.75. The van der Waals surface area contributed by atoms with Crippen molar-refractivity contribution in [3.8, 4) is 0 Å². The summed E-state index contributed by atoms with van der Waals surface area (Å²) < 4.78 is 7.37. The minimum Gasteiger partial charge on any atom is -0.477 e. The van der Waals surface area contributed by atoms with E-state index >= 15 is 0 Å². The lowest BCUT2D eigenvalue weighted by Crippen LogP contribution is -2.21. The fraction of sp³-hybridized carbons (Fsp3) is 0.357. The van der Waals surface area contributed by atoms with E-state index in [-0.39, 0.29) is 4.88 Å². The Hall–Kier alpha value is -1.99. The van der Waals surface area contributed by atoms with E-state index in [9.17, 15) is 4.79 Å². The van der Waals surface area contributed by atoms with Crippen LogP contribution in [0.3, 0.4) is 0 Å². The molecule has 21 heavy (non-hydrogen) atoms. The predicted octanol–water partition coefficient (Wildman–Crippen LogP) is 2.56. The molecule has 0 saturated carbocycles. The molecule has 1 fully saturated rings. The molecule has 2 aromatic rings. The van der Waals surface area contributed by atoms with Gasteiger partial charge in [0.05, 0.1) is 17.9 Å². The average molecular weight is 305 g/mol. The van der Waals surface area contributed by atoms with Crippen LogP contribution in [0.25, 0.3) is 12.2 Å². The van der Waals surface area contributed by atoms with Crippen molar-refractivity contribution in [3.63, 3.8) is 0 Å². The Morgan fingerprint density at radius 1 is 1.43 bits per heavy atom. The van der Waals surface area contributed by atoms with Gasteiger partial charge in [-0.05, 0) is 31.1 Å². The molecule has 0 aliphatic carbocycles. The average Bonchev–Trinajstić information content (AvgIpc) is 3.15. The zero-order chi connectivity index (χ0) is 14.7. The van der Waals surface area contributed by atoms with E-state index in [1.165, 1.54) is 6.20 Å². The van der Waals surface area contributed by atoms with Crippen LogP contribution in [-0.4, -0.2) is 39.1 Å². The largest absolute Gasteiger partial charge is 0.477 e. The predicted molar refractivity (Wildman–Crippen MR) is 79.3 cm³/mol. The maximum absolute atomic E-state index is 10.8. The lowest BCUT2D eigenvalue weighted by molar-refractivity contribution is 0.0660. The summed E-state index contributed by atoms with van der Waals surface area (Å²) in [5, 5.41) is 13.9. The molecule has 3 rings (SSSR count). The van der Waals surface area contributed by atoms with Crippen LogP contribution in [-0.2, 0) is 4.74 Å². The van der Waals surface area contributed by atoms with E-state index in [4.69, 9.17) is 9.84 Å². The highest BCUT2D eigenvalue weighted by atomic mass is 32.1. The number of aromatic carboxylic acids is 1. The molecule has 6 nitrogen and oxygen atoms in total. The summed E-state index contributed by atoms with van der Waals surface area (Å²) in [5.41, 5.74) is 0.994. The van der Waals surface area contributed by atoms with Gasteiger partial charge in [-0.3, -0.25) is 4.68 Å². The smallest absolute Gasteiger partial charge is 0.347 e. The highest BCUT2D eigenvalue weighted by molar-refractivity contribution is 7.14. The topological polar surface area (TPSA) is 77.2 Å². The zero-order valence-electron chi connectivity index (χ0n) is 11.3. The fourth-order valence-electron chi connectivity index (χ4n) is 2.31. The second kappa shape index (κ2) is 6.19. The van der Waals surface area contributed by atoms with Crippen LogP contribution >= 0.6 is 11.3 Å². The first kappa shape index (κ1) is 14.0. The number of nitrogens with zero attached hydrogens (tertiary/aromatic N) is 3. The van der Waals surface area contributed by atoms with Crippen molar-refractivity contribution in [1.29, 1.82) is 0 Å². The fourth-order valence-corrected chi connectivity index (χ4v) is 2.97. The molecule has 3 heterocycles. The van der Waals surface area contributed by atoms with Crippen molar-refractivity contribution in [2.24, 2.45) is 0 Å². The summed E-state index contributed by atoms with van der Waals surface area (Å²) in [4.78, 5) is 15.2. The minimum atomic E-state index is -0.945.